The highest BCUT2D eigenvalue weighted by Gasteiger charge is 2.02. The molecule has 0 amide bonds. The van der Waals surface area contributed by atoms with Crippen molar-refractivity contribution in [2.45, 2.75) is 25.9 Å². The minimum atomic E-state index is -0.326. The van der Waals surface area contributed by atoms with Gasteiger partial charge in [0.1, 0.15) is 6.10 Å². The molecule has 0 fully saturated rings. The summed E-state index contributed by atoms with van der Waals surface area (Å²) in [7, 11) is 0. The topological polar surface area (TPSA) is 58.0 Å². The van der Waals surface area contributed by atoms with Gasteiger partial charge in [0.2, 0.25) is 0 Å². The van der Waals surface area contributed by atoms with Gasteiger partial charge in [-0.15, -0.1) is 0 Å². The molecule has 4 heteroatoms. The first-order valence-electron chi connectivity index (χ1n) is 6.06. The molecular formula is C14H17N3O. The first-order chi connectivity index (χ1) is 8.86. The molecule has 18 heavy (non-hydrogen) atoms. The quantitative estimate of drug-likeness (QED) is 0.248. The molecule has 0 radical (unpaired) electrons. The molecule has 0 bridgehead atoms. The van der Waals surface area contributed by atoms with Gasteiger partial charge in [-0.2, -0.15) is 0 Å². The van der Waals surface area contributed by atoms with E-state index in [2.05, 4.69) is 28.8 Å². The second-order valence-corrected chi connectivity index (χ2v) is 3.76. The number of ether oxygens (including phenoxy) is 1. The van der Waals surface area contributed by atoms with Crippen LogP contribution in [0.3, 0.4) is 0 Å². The van der Waals surface area contributed by atoms with Crippen molar-refractivity contribution in [2.24, 2.45) is 5.11 Å². The van der Waals surface area contributed by atoms with Gasteiger partial charge in [0.15, 0.2) is 0 Å². The molecule has 0 heterocycles. The number of rotatable bonds is 6. The van der Waals surface area contributed by atoms with Crippen molar-refractivity contribution in [3.05, 3.63) is 46.3 Å². The molecule has 0 aromatic heterocycles. The van der Waals surface area contributed by atoms with Crippen LogP contribution in [-0.2, 0) is 4.74 Å². The third kappa shape index (κ3) is 5.95. The lowest BCUT2D eigenvalue weighted by molar-refractivity contribution is 0.0945. The molecule has 0 spiro atoms. The van der Waals surface area contributed by atoms with Gasteiger partial charge in [0.25, 0.3) is 0 Å². The van der Waals surface area contributed by atoms with Crippen molar-refractivity contribution in [2.75, 3.05) is 13.2 Å². The van der Waals surface area contributed by atoms with Crippen LogP contribution < -0.4 is 0 Å². The van der Waals surface area contributed by atoms with Crippen LogP contribution in [0.25, 0.3) is 10.4 Å². The van der Waals surface area contributed by atoms with E-state index in [1.54, 1.807) is 0 Å². The SMILES string of the molecule is CCCCOC(C#Cc1ccccc1)CN=[N+]=[N-]. The standard InChI is InChI=1S/C14H17N3O/c1-2-3-11-18-14(12-16-17-15)10-9-13-7-5-4-6-8-13/h4-8,14H,2-3,11-12H2,1H3. The molecule has 94 valence electrons. The summed E-state index contributed by atoms with van der Waals surface area (Å²) in [6.07, 6.45) is 1.73. The molecule has 0 saturated heterocycles. The highest BCUT2D eigenvalue weighted by molar-refractivity contribution is 5.34. The summed E-state index contributed by atoms with van der Waals surface area (Å²) in [5.74, 6) is 6.01. The van der Waals surface area contributed by atoms with Gasteiger partial charge in [0, 0.05) is 17.1 Å². The summed E-state index contributed by atoms with van der Waals surface area (Å²) >= 11 is 0. The third-order valence-corrected chi connectivity index (χ3v) is 2.28. The summed E-state index contributed by atoms with van der Waals surface area (Å²) in [6.45, 7) is 2.99. The molecule has 0 aliphatic carbocycles. The first-order valence-corrected chi connectivity index (χ1v) is 6.06. The van der Waals surface area contributed by atoms with Gasteiger partial charge in [0.05, 0.1) is 6.54 Å². The van der Waals surface area contributed by atoms with E-state index in [0.29, 0.717) is 6.61 Å². The lowest BCUT2D eigenvalue weighted by Crippen LogP contribution is -2.15. The zero-order chi connectivity index (χ0) is 13.1. The Bertz CT molecular complexity index is 441. The minimum absolute atomic E-state index is 0.250. The fraction of sp³-hybridized carbons (Fsp3) is 0.429. The lowest BCUT2D eigenvalue weighted by Gasteiger charge is -2.08. The van der Waals surface area contributed by atoms with Crippen LogP contribution in [0.4, 0.5) is 0 Å². The first kappa shape index (κ1) is 14.1. The third-order valence-electron chi connectivity index (χ3n) is 2.28. The number of unbranched alkanes of at least 4 members (excludes halogenated alkanes) is 1. The fourth-order valence-corrected chi connectivity index (χ4v) is 1.31. The van der Waals surface area contributed by atoms with Crippen molar-refractivity contribution >= 4 is 0 Å². The Labute approximate surface area is 108 Å². The maximum absolute atomic E-state index is 8.33. The van der Waals surface area contributed by atoms with Crippen molar-refractivity contribution < 1.29 is 4.74 Å². The highest BCUT2D eigenvalue weighted by atomic mass is 16.5. The number of azide groups is 1. The monoisotopic (exact) mass is 243 g/mol. The number of benzene rings is 1. The van der Waals surface area contributed by atoms with Gasteiger partial charge in [-0.1, -0.05) is 48.5 Å². The maximum Gasteiger partial charge on any atom is 0.124 e. The molecule has 1 unspecified atom stereocenters. The Hall–Kier alpha value is -1.95. The Kier molecular flexibility index (Phi) is 7.15. The molecule has 0 N–H and O–H groups in total. The summed E-state index contributed by atoms with van der Waals surface area (Å²) in [6, 6.07) is 9.68. The average Bonchev–Trinajstić information content (AvgIpc) is 2.42. The average molecular weight is 243 g/mol. The summed E-state index contributed by atoms with van der Waals surface area (Å²) in [5.41, 5.74) is 9.26. The van der Waals surface area contributed by atoms with Crippen LogP contribution in [0.5, 0.6) is 0 Å². The molecule has 0 saturated carbocycles. The van der Waals surface area contributed by atoms with E-state index in [9.17, 15) is 0 Å². The fourth-order valence-electron chi connectivity index (χ4n) is 1.31. The normalized spacial score (nSPS) is 10.9. The van der Waals surface area contributed by atoms with E-state index < -0.39 is 0 Å². The smallest absolute Gasteiger partial charge is 0.124 e. The van der Waals surface area contributed by atoms with Crippen LogP contribution in [0.15, 0.2) is 35.4 Å². The van der Waals surface area contributed by atoms with E-state index in [1.807, 2.05) is 30.3 Å². The Morgan fingerprint density at radius 2 is 2.17 bits per heavy atom. The van der Waals surface area contributed by atoms with Crippen LogP contribution in [-0.4, -0.2) is 19.3 Å². The number of nitrogens with zero attached hydrogens (tertiary/aromatic N) is 3. The molecule has 1 aromatic carbocycles. The van der Waals surface area contributed by atoms with Crippen molar-refractivity contribution in [3.63, 3.8) is 0 Å². The Balaban J connectivity index is 2.59. The highest BCUT2D eigenvalue weighted by Crippen LogP contribution is 1.99. The molecule has 1 atom stereocenters. The van der Waals surface area contributed by atoms with Gasteiger partial charge in [-0.3, -0.25) is 0 Å². The van der Waals surface area contributed by atoms with Crippen molar-refractivity contribution in [1.29, 1.82) is 0 Å². The van der Waals surface area contributed by atoms with E-state index in [0.717, 1.165) is 18.4 Å². The Morgan fingerprint density at radius 3 is 2.83 bits per heavy atom. The van der Waals surface area contributed by atoms with E-state index in [1.165, 1.54) is 0 Å². The predicted molar refractivity (Wildman–Crippen MR) is 72.0 cm³/mol. The Morgan fingerprint density at radius 1 is 1.39 bits per heavy atom. The number of hydrogen-bond donors (Lipinski definition) is 0. The summed E-state index contributed by atoms with van der Waals surface area (Å²) in [4.78, 5) is 2.74. The molecule has 1 aromatic rings. The molecule has 4 nitrogen and oxygen atoms in total. The van der Waals surface area contributed by atoms with E-state index in [-0.39, 0.29) is 12.6 Å². The molecule has 0 aliphatic heterocycles. The summed E-state index contributed by atoms with van der Waals surface area (Å²) < 4.78 is 5.57. The van der Waals surface area contributed by atoms with Crippen LogP contribution in [0.1, 0.15) is 25.3 Å². The second-order valence-electron chi connectivity index (χ2n) is 3.76. The largest absolute Gasteiger partial charge is 0.365 e. The van der Waals surface area contributed by atoms with Crippen LogP contribution in [0, 0.1) is 11.8 Å². The van der Waals surface area contributed by atoms with Crippen LogP contribution in [0.2, 0.25) is 0 Å². The molecule has 1 rings (SSSR count). The van der Waals surface area contributed by atoms with Crippen molar-refractivity contribution in [3.8, 4) is 11.8 Å². The predicted octanol–water partition coefficient (Wildman–Crippen LogP) is 3.53. The molecular weight excluding hydrogens is 226 g/mol. The zero-order valence-electron chi connectivity index (χ0n) is 10.5. The van der Waals surface area contributed by atoms with Crippen molar-refractivity contribution in [1.82, 2.24) is 0 Å². The maximum atomic E-state index is 8.33. The van der Waals surface area contributed by atoms with E-state index in [4.69, 9.17) is 10.3 Å². The van der Waals surface area contributed by atoms with E-state index >= 15 is 0 Å². The van der Waals surface area contributed by atoms with Crippen LogP contribution >= 0.6 is 0 Å². The lowest BCUT2D eigenvalue weighted by atomic mass is 10.2. The zero-order valence-corrected chi connectivity index (χ0v) is 10.5. The minimum Gasteiger partial charge on any atom is -0.365 e. The molecule has 0 aliphatic rings. The van der Waals surface area contributed by atoms with Gasteiger partial charge in [-0.25, -0.2) is 0 Å². The van der Waals surface area contributed by atoms with Gasteiger partial charge >= 0.3 is 0 Å². The number of hydrogen-bond acceptors (Lipinski definition) is 2. The summed E-state index contributed by atoms with van der Waals surface area (Å²) in [5, 5.41) is 3.52. The van der Waals surface area contributed by atoms with Gasteiger partial charge in [-0.05, 0) is 24.1 Å². The van der Waals surface area contributed by atoms with Gasteiger partial charge < -0.3 is 4.74 Å². The second kappa shape index (κ2) is 9.12.